The predicted octanol–water partition coefficient (Wildman–Crippen LogP) is 3.89. The Kier molecular flexibility index (Phi) is 6.70. The molecule has 31 heavy (non-hydrogen) atoms. The molecule has 5 rings (SSSR count). The van der Waals surface area contributed by atoms with Crippen LogP contribution in [0.2, 0.25) is 0 Å². The van der Waals surface area contributed by atoms with Gasteiger partial charge in [-0.2, -0.15) is 0 Å². The number of halogens is 1. The highest BCUT2D eigenvalue weighted by Gasteiger charge is 2.54. The number of benzene rings is 1. The van der Waals surface area contributed by atoms with Crippen LogP contribution >= 0.6 is 15.9 Å². The molecule has 4 bridgehead atoms. The molecular formula is C24H31BrN2O4. The maximum absolute atomic E-state index is 13.0. The summed E-state index contributed by atoms with van der Waals surface area (Å²) in [5.41, 5.74) is 0.625. The summed E-state index contributed by atoms with van der Waals surface area (Å²) < 4.78 is 5.66. The lowest BCUT2D eigenvalue weighted by Crippen LogP contribution is -2.53. The number of amides is 2. The standard InChI is InChI=1S/C24H31BrN2O4/c1-31-22(29)11-20(18-3-2-4-19(25)10-18)27-21(28)5-6-26-23(30)24-12-15-7-16(13-24)9-17(8-15)14-24/h2-4,10,15-17,20H,5-9,11-14H2,1H3,(H,26,30)(H,27,28). The molecule has 0 spiro atoms. The average Bonchev–Trinajstić information content (AvgIpc) is 2.72. The zero-order valence-corrected chi connectivity index (χ0v) is 19.6. The first-order valence-corrected chi connectivity index (χ1v) is 12.1. The summed E-state index contributed by atoms with van der Waals surface area (Å²) in [4.78, 5) is 37.4. The van der Waals surface area contributed by atoms with Crippen molar-refractivity contribution >= 4 is 33.7 Å². The molecule has 1 atom stereocenters. The van der Waals surface area contributed by atoms with Gasteiger partial charge in [0.05, 0.1) is 19.6 Å². The van der Waals surface area contributed by atoms with Gasteiger partial charge in [0.25, 0.3) is 0 Å². The molecule has 0 radical (unpaired) electrons. The second-order valence-corrected chi connectivity index (χ2v) is 10.6. The van der Waals surface area contributed by atoms with Crippen LogP contribution in [0.25, 0.3) is 0 Å². The third-order valence-electron chi connectivity index (χ3n) is 7.34. The zero-order valence-electron chi connectivity index (χ0n) is 18.0. The second-order valence-electron chi connectivity index (χ2n) is 9.66. The van der Waals surface area contributed by atoms with Gasteiger partial charge in [0.2, 0.25) is 11.8 Å². The van der Waals surface area contributed by atoms with Crippen molar-refractivity contribution in [2.45, 2.75) is 57.4 Å². The minimum Gasteiger partial charge on any atom is -0.469 e. The maximum atomic E-state index is 13.0. The molecule has 4 fully saturated rings. The van der Waals surface area contributed by atoms with Gasteiger partial charge in [0.1, 0.15) is 0 Å². The summed E-state index contributed by atoms with van der Waals surface area (Å²) in [6.07, 6.45) is 7.18. The summed E-state index contributed by atoms with van der Waals surface area (Å²) in [5.74, 6) is 1.69. The van der Waals surface area contributed by atoms with Crippen LogP contribution < -0.4 is 10.6 Å². The fourth-order valence-electron chi connectivity index (χ4n) is 6.36. The lowest BCUT2D eigenvalue weighted by atomic mass is 9.49. The van der Waals surface area contributed by atoms with E-state index >= 15 is 0 Å². The lowest BCUT2D eigenvalue weighted by Gasteiger charge is -2.55. The summed E-state index contributed by atoms with van der Waals surface area (Å²) in [6, 6.07) is 7.02. The Hall–Kier alpha value is -1.89. The highest BCUT2D eigenvalue weighted by Crippen LogP contribution is 2.60. The van der Waals surface area contributed by atoms with E-state index in [0.29, 0.717) is 24.3 Å². The number of ether oxygens (including phenoxy) is 1. The molecule has 1 unspecified atom stereocenters. The smallest absolute Gasteiger partial charge is 0.307 e. The van der Waals surface area contributed by atoms with Crippen molar-refractivity contribution in [2.24, 2.45) is 23.2 Å². The molecule has 1 aromatic rings. The Morgan fingerprint density at radius 2 is 1.77 bits per heavy atom. The molecule has 4 saturated carbocycles. The van der Waals surface area contributed by atoms with Crippen LogP contribution in [0.15, 0.2) is 28.7 Å². The molecule has 168 valence electrons. The molecule has 0 saturated heterocycles. The van der Waals surface area contributed by atoms with E-state index in [-0.39, 0.29) is 36.0 Å². The summed E-state index contributed by atoms with van der Waals surface area (Å²) in [5, 5.41) is 5.97. The predicted molar refractivity (Wildman–Crippen MR) is 120 cm³/mol. The number of nitrogens with one attached hydrogen (secondary N) is 2. The number of carbonyl (C=O) groups is 3. The number of hydrogen-bond donors (Lipinski definition) is 2. The highest BCUT2D eigenvalue weighted by molar-refractivity contribution is 9.10. The van der Waals surface area contributed by atoms with Crippen molar-refractivity contribution in [2.75, 3.05) is 13.7 Å². The molecule has 7 heteroatoms. The van der Waals surface area contributed by atoms with Crippen LogP contribution in [0.5, 0.6) is 0 Å². The average molecular weight is 491 g/mol. The highest BCUT2D eigenvalue weighted by atomic mass is 79.9. The largest absolute Gasteiger partial charge is 0.469 e. The molecule has 2 N–H and O–H groups in total. The van der Waals surface area contributed by atoms with Crippen LogP contribution in [0.1, 0.15) is 63.0 Å². The van der Waals surface area contributed by atoms with Crippen LogP contribution in [-0.4, -0.2) is 31.4 Å². The number of esters is 1. The fourth-order valence-corrected chi connectivity index (χ4v) is 6.77. The van der Waals surface area contributed by atoms with Gasteiger partial charge in [-0.15, -0.1) is 0 Å². The molecule has 0 heterocycles. The van der Waals surface area contributed by atoms with Gasteiger partial charge in [-0.3, -0.25) is 14.4 Å². The van der Waals surface area contributed by atoms with Crippen LogP contribution in [-0.2, 0) is 19.1 Å². The summed E-state index contributed by atoms with van der Waals surface area (Å²) in [7, 11) is 1.34. The SMILES string of the molecule is COC(=O)CC(NC(=O)CCNC(=O)C12CC3CC(CC(C3)C1)C2)c1cccc(Br)c1. The second kappa shape index (κ2) is 9.31. The lowest BCUT2D eigenvalue weighted by molar-refractivity contribution is -0.146. The first-order valence-electron chi connectivity index (χ1n) is 11.3. The molecule has 0 aromatic heterocycles. The molecule has 4 aliphatic rings. The summed E-state index contributed by atoms with van der Waals surface area (Å²) in [6.45, 7) is 0.315. The van der Waals surface area contributed by atoms with Gasteiger partial charge in [-0.25, -0.2) is 0 Å². The van der Waals surface area contributed by atoms with Crippen molar-refractivity contribution in [1.82, 2.24) is 10.6 Å². The molecule has 4 aliphatic carbocycles. The van der Waals surface area contributed by atoms with Crippen LogP contribution in [0.3, 0.4) is 0 Å². The summed E-state index contributed by atoms with van der Waals surface area (Å²) >= 11 is 3.43. The van der Waals surface area contributed by atoms with E-state index < -0.39 is 6.04 Å². The third-order valence-corrected chi connectivity index (χ3v) is 7.84. The van der Waals surface area contributed by atoms with E-state index in [2.05, 4.69) is 26.6 Å². The van der Waals surface area contributed by atoms with Crippen LogP contribution in [0.4, 0.5) is 0 Å². The molecule has 2 amide bonds. The molecule has 6 nitrogen and oxygen atoms in total. The van der Waals surface area contributed by atoms with Crippen molar-refractivity contribution in [3.8, 4) is 0 Å². The monoisotopic (exact) mass is 490 g/mol. The van der Waals surface area contributed by atoms with Gasteiger partial charge in [0.15, 0.2) is 0 Å². The van der Waals surface area contributed by atoms with E-state index in [9.17, 15) is 14.4 Å². The molecule has 1 aromatic carbocycles. The number of rotatable bonds is 8. The molecule has 0 aliphatic heterocycles. The Bertz CT molecular complexity index is 820. The van der Waals surface area contributed by atoms with Gasteiger partial charge >= 0.3 is 5.97 Å². The van der Waals surface area contributed by atoms with Crippen molar-refractivity contribution < 1.29 is 19.1 Å². The minimum absolute atomic E-state index is 0.0539. The Labute approximate surface area is 192 Å². The van der Waals surface area contributed by atoms with E-state index in [4.69, 9.17) is 4.74 Å². The number of carbonyl (C=O) groups excluding carboxylic acids is 3. The quantitative estimate of drug-likeness (QED) is 0.541. The number of methoxy groups -OCH3 is 1. The van der Waals surface area contributed by atoms with Crippen molar-refractivity contribution in [3.63, 3.8) is 0 Å². The van der Waals surface area contributed by atoms with Gasteiger partial charge in [0, 0.05) is 22.9 Å². The fraction of sp³-hybridized carbons (Fsp3) is 0.625. The van der Waals surface area contributed by atoms with E-state index in [1.807, 2.05) is 24.3 Å². The van der Waals surface area contributed by atoms with E-state index in [0.717, 1.165) is 29.3 Å². The number of hydrogen-bond acceptors (Lipinski definition) is 4. The maximum Gasteiger partial charge on any atom is 0.307 e. The van der Waals surface area contributed by atoms with E-state index in [1.165, 1.54) is 26.4 Å². The first kappa shape index (κ1) is 22.3. The van der Waals surface area contributed by atoms with Crippen molar-refractivity contribution in [1.29, 1.82) is 0 Å². The van der Waals surface area contributed by atoms with Gasteiger partial charge in [-0.1, -0.05) is 28.1 Å². The van der Waals surface area contributed by atoms with Gasteiger partial charge < -0.3 is 15.4 Å². The van der Waals surface area contributed by atoms with Gasteiger partial charge in [-0.05, 0) is 74.0 Å². The van der Waals surface area contributed by atoms with Crippen molar-refractivity contribution in [3.05, 3.63) is 34.3 Å². The van der Waals surface area contributed by atoms with Crippen LogP contribution in [0, 0.1) is 23.2 Å². The minimum atomic E-state index is -0.476. The first-order chi connectivity index (χ1) is 14.9. The zero-order chi connectivity index (χ0) is 22.0. The normalized spacial score (nSPS) is 29.3. The Balaban J connectivity index is 1.30. The third kappa shape index (κ3) is 5.13. The Morgan fingerprint density at radius 1 is 1.13 bits per heavy atom. The molecular weight excluding hydrogens is 460 g/mol. The topological polar surface area (TPSA) is 84.5 Å². The Morgan fingerprint density at radius 3 is 2.35 bits per heavy atom. The van der Waals surface area contributed by atoms with E-state index in [1.54, 1.807) is 0 Å².